The lowest BCUT2D eigenvalue weighted by Gasteiger charge is -2.28. The van der Waals surface area contributed by atoms with Crippen LogP contribution in [0.2, 0.25) is 0 Å². The predicted molar refractivity (Wildman–Crippen MR) is 76.5 cm³/mol. The fourth-order valence-corrected chi connectivity index (χ4v) is 3.07. The van der Waals surface area contributed by atoms with E-state index in [4.69, 9.17) is 4.74 Å². The van der Waals surface area contributed by atoms with Gasteiger partial charge in [0, 0.05) is 33.8 Å². The number of ether oxygens (including phenoxy) is 2. The summed E-state index contributed by atoms with van der Waals surface area (Å²) < 4.78 is 36.8. The molecule has 0 N–H and O–H groups in total. The summed E-state index contributed by atoms with van der Waals surface area (Å²) in [7, 11) is 0.671. The lowest BCUT2D eigenvalue weighted by Crippen LogP contribution is -2.45. The van der Waals surface area contributed by atoms with Crippen molar-refractivity contribution < 1.29 is 22.7 Å². The summed E-state index contributed by atoms with van der Waals surface area (Å²) in [5.74, 6) is -0.227. The van der Waals surface area contributed by atoms with Crippen LogP contribution in [0.4, 0.5) is 0 Å². The van der Waals surface area contributed by atoms with E-state index in [2.05, 4.69) is 4.74 Å². The van der Waals surface area contributed by atoms with Crippen molar-refractivity contribution in [2.75, 3.05) is 47.5 Å². The molecule has 0 aliphatic heterocycles. The topological polar surface area (TPSA) is 76.2 Å². The van der Waals surface area contributed by atoms with Gasteiger partial charge in [-0.25, -0.2) is 0 Å². The number of hydrogen-bond acceptors (Lipinski definition) is 5. The molecule has 0 saturated carbocycles. The molecular formula is C12H26N2O5S. The minimum absolute atomic E-state index is 0.0338. The smallest absolute Gasteiger partial charge is 0.306 e. The van der Waals surface area contributed by atoms with E-state index < -0.39 is 16.2 Å². The van der Waals surface area contributed by atoms with Crippen LogP contribution in [0.25, 0.3) is 0 Å². The monoisotopic (exact) mass is 310 g/mol. The zero-order valence-corrected chi connectivity index (χ0v) is 13.8. The normalized spacial score (nSPS) is 12.4. The second-order valence-corrected chi connectivity index (χ2v) is 6.94. The van der Waals surface area contributed by atoms with Crippen LogP contribution < -0.4 is 0 Å². The number of carbonyl (C=O) groups is 1. The van der Waals surface area contributed by atoms with E-state index in [1.165, 1.54) is 29.9 Å². The standard InChI is InChI=1S/C12H26N2O5S/c1-11(2)10-14(8-9-18-4)20(16,17)13(3)7-6-12(15)19-5/h11H,6-10H2,1-5H3. The van der Waals surface area contributed by atoms with Crippen LogP contribution in [0.5, 0.6) is 0 Å². The average molecular weight is 310 g/mol. The highest BCUT2D eigenvalue weighted by atomic mass is 32.2. The number of carbonyl (C=O) groups excluding carboxylic acids is 1. The Labute approximate surface area is 122 Å². The van der Waals surface area contributed by atoms with Crippen molar-refractivity contribution >= 4 is 16.2 Å². The van der Waals surface area contributed by atoms with Crippen molar-refractivity contribution in [3.05, 3.63) is 0 Å². The van der Waals surface area contributed by atoms with E-state index in [1.807, 2.05) is 13.8 Å². The first-order valence-electron chi connectivity index (χ1n) is 6.52. The van der Waals surface area contributed by atoms with Gasteiger partial charge in [0.1, 0.15) is 0 Å². The molecule has 0 aromatic heterocycles. The van der Waals surface area contributed by atoms with E-state index in [0.717, 1.165) is 0 Å². The molecule has 0 aliphatic carbocycles. The first-order valence-corrected chi connectivity index (χ1v) is 7.92. The maximum atomic E-state index is 12.4. The van der Waals surface area contributed by atoms with Gasteiger partial charge in [0.15, 0.2) is 0 Å². The van der Waals surface area contributed by atoms with Gasteiger partial charge in [-0.2, -0.15) is 17.0 Å². The van der Waals surface area contributed by atoms with E-state index >= 15 is 0 Å². The minimum Gasteiger partial charge on any atom is -0.469 e. The summed E-state index contributed by atoms with van der Waals surface area (Å²) in [6, 6.07) is 0. The van der Waals surface area contributed by atoms with Crippen LogP contribution >= 0.6 is 0 Å². The van der Waals surface area contributed by atoms with Crippen molar-refractivity contribution in [2.24, 2.45) is 5.92 Å². The van der Waals surface area contributed by atoms with Gasteiger partial charge in [-0.1, -0.05) is 13.8 Å². The molecule has 7 nitrogen and oxygen atoms in total. The summed E-state index contributed by atoms with van der Waals surface area (Å²) in [5, 5.41) is 0. The van der Waals surface area contributed by atoms with E-state index in [1.54, 1.807) is 0 Å². The van der Waals surface area contributed by atoms with Crippen molar-refractivity contribution in [3.8, 4) is 0 Å². The molecule has 0 spiro atoms. The lowest BCUT2D eigenvalue weighted by atomic mass is 10.2. The van der Waals surface area contributed by atoms with Crippen LogP contribution in [0, 0.1) is 5.92 Å². The molecule has 0 fully saturated rings. The molecule has 0 aliphatic rings. The van der Waals surface area contributed by atoms with Crippen molar-refractivity contribution in [2.45, 2.75) is 20.3 Å². The van der Waals surface area contributed by atoms with Crippen molar-refractivity contribution in [1.29, 1.82) is 0 Å². The molecule has 0 heterocycles. The van der Waals surface area contributed by atoms with Gasteiger partial charge in [-0.05, 0) is 5.92 Å². The zero-order chi connectivity index (χ0) is 15.8. The Morgan fingerprint density at radius 1 is 1.20 bits per heavy atom. The molecule has 0 radical (unpaired) electrons. The van der Waals surface area contributed by atoms with Crippen LogP contribution in [-0.4, -0.2) is 70.5 Å². The number of rotatable bonds is 10. The van der Waals surface area contributed by atoms with Crippen LogP contribution in [-0.2, 0) is 24.5 Å². The van der Waals surface area contributed by atoms with Gasteiger partial charge in [-0.15, -0.1) is 0 Å². The third-order valence-corrected chi connectivity index (χ3v) is 4.65. The molecule has 0 atom stereocenters. The quantitative estimate of drug-likeness (QED) is 0.544. The van der Waals surface area contributed by atoms with Crippen LogP contribution in [0.3, 0.4) is 0 Å². The summed E-state index contributed by atoms with van der Waals surface area (Å²) in [6.45, 7) is 5.02. The molecular weight excluding hydrogens is 284 g/mol. The Bertz CT molecular complexity index is 383. The highest BCUT2D eigenvalue weighted by Crippen LogP contribution is 2.10. The highest BCUT2D eigenvalue weighted by molar-refractivity contribution is 7.86. The van der Waals surface area contributed by atoms with Crippen molar-refractivity contribution in [3.63, 3.8) is 0 Å². The van der Waals surface area contributed by atoms with Gasteiger partial charge in [0.2, 0.25) is 0 Å². The van der Waals surface area contributed by atoms with E-state index in [9.17, 15) is 13.2 Å². The minimum atomic E-state index is -3.59. The van der Waals surface area contributed by atoms with E-state index in [0.29, 0.717) is 19.7 Å². The number of esters is 1. The first-order chi connectivity index (χ1) is 9.25. The largest absolute Gasteiger partial charge is 0.469 e. The molecule has 20 heavy (non-hydrogen) atoms. The fraction of sp³-hybridized carbons (Fsp3) is 0.917. The van der Waals surface area contributed by atoms with Crippen molar-refractivity contribution in [1.82, 2.24) is 8.61 Å². The van der Waals surface area contributed by atoms with Crippen LogP contribution in [0.15, 0.2) is 0 Å². The molecule has 8 heteroatoms. The molecule has 0 unspecified atom stereocenters. The summed E-state index contributed by atoms with van der Waals surface area (Å²) >= 11 is 0. The molecule has 0 aromatic carbocycles. The van der Waals surface area contributed by atoms with Gasteiger partial charge >= 0.3 is 5.97 Å². The molecule has 120 valence electrons. The Morgan fingerprint density at radius 2 is 1.80 bits per heavy atom. The van der Waals surface area contributed by atoms with Gasteiger partial charge in [0.25, 0.3) is 10.2 Å². The Balaban J connectivity index is 4.77. The Hall–Kier alpha value is -0.700. The lowest BCUT2D eigenvalue weighted by molar-refractivity contribution is -0.140. The second-order valence-electron chi connectivity index (χ2n) is 4.90. The van der Waals surface area contributed by atoms with Gasteiger partial charge in [-0.3, -0.25) is 4.79 Å². The SMILES string of the molecule is COCCN(CC(C)C)S(=O)(=O)N(C)CCC(=O)OC. The first kappa shape index (κ1) is 19.3. The molecule has 0 amide bonds. The predicted octanol–water partition coefficient (Wildman–Crippen LogP) is 0.331. The molecule has 0 rings (SSSR count). The summed E-state index contributed by atoms with van der Waals surface area (Å²) in [5.41, 5.74) is 0. The zero-order valence-electron chi connectivity index (χ0n) is 13.0. The fourth-order valence-electron chi connectivity index (χ4n) is 1.56. The van der Waals surface area contributed by atoms with Gasteiger partial charge < -0.3 is 9.47 Å². The summed E-state index contributed by atoms with van der Waals surface area (Å²) in [6.07, 6.45) is 0.0338. The third-order valence-electron chi connectivity index (χ3n) is 2.69. The summed E-state index contributed by atoms with van der Waals surface area (Å²) in [4.78, 5) is 11.1. The Kier molecular flexibility index (Phi) is 8.95. The Morgan fingerprint density at radius 3 is 2.25 bits per heavy atom. The highest BCUT2D eigenvalue weighted by Gasteiger charge is 2.27. The maximum absolute atomic E-state index is 12.4. The average Bonchev–Trinajstić information content (AvgIpc) is 2.39. The third kappa shape index (κ3) is 6.65. The maximum Gasteiger partial charge on any atom is 0.306 e. The number of hydrogen-bond donors (Lipinski definition) is 0. The van der Waals surface area contributed by atoms with E-state index in [-0.39, 0.29) is 18.9 Å². The molecule has 0 saturated heterocycles. The van der Waals surface area contributed by atoms with Crippen LogP contribution in [0.1, 0.15) is 20.3 Å². The van der Waals surface area contributed by atoms with Gasteiger partial charge in [0.05, 0.1) is 20.1 Å². The number of nitrogens with zero attached hydrogens (tertiary/aromatic N) is 2. The molecule has 0 aromatic rings. The second kappa shape index (κ2) is 9.28. The molecule has 0 bridgehead atoms. The number of methoxy groups -OCH3 is 2.